The van der Waals surface area contributed by atoms with E-state index in [-0.39, 0.29) is 5.54 Å². The maximum absolute atomic E-state index is 12.9. The van der Waals surface area contributed by atoms with Crippen LogP contribution < -0.4 is 5.32 Å². The molecular formula is C17H28BrNO. The molecule has 2 nitrogen and oxygen atoms in total. The lowest BCUT2D eigenvalue weighted by Gasteiger charge is -2.54. The monoisotopic (exact) mass is 341 g/mol. The number of halogens is 1. The third kappa shape index (κ3) is 2.67. The molecule has 114 valence electrons. The van der Waals surface area contributed by atoms with Crippen molar-refractivity contribution in [3.8, 4) is 0 Å². The molecule has 4 fully saturated rings. The Balaban J connectivity index is 1.68. The number of alkyl halides is 1. The highest BCUT2D eigenvalue weighted by Gasteiger charge is 2.51. The van der Waals surface area contributed by atoms with Crippen molar-refractivity contribution >= 4 is 21.8 Å². The second-order valence-electron chi connectivity index (χ2n) is 7.80. The zero-order chi connectivity index (χ0) is 14.3. The summed E-state index contributed by atoms with van der Waals surface area (Å²) in [6.07, 6.45) is 8.79. The van der Waals surface area contributed by atoms with Crippen LogP contribution in [0.2, 0.25) is 0 Å². The van der Waals surface area contributed by atoms with Crippen molar-refractivity contribution in [2.75, 3.05) is 5.33 Å². The normalized spacial score (nSPS) is 41.5. The minimum atomic E-state index is -0.0325. The van der Waals surface area contributed by atoms with Crippen molar-refractivity contribution in [3.63, 3.8) is 0 Å². The number of nitrogens with one attached hydrogen (secondary N) is 1. The zero-order valence-electron chi connectivity index (χ0n) is 12.8. The molecule has 4 aliphatic rings. The van der Waals surface area contributed by atoms with E-state index in [0.29, 0.717) is 23.7 Å². The number of hydrogen-bond donors (Lipinski definition) is 1. The van der Waals surface area contributed by atoms with E-state index in [1.807, 2.05) is 0 Å². The van der Waals surface area contributed by atoms with Gasteiger partial charge in [0.2, 0.25) is 5.91 Å². The van der Waals surface area contributed by atoms with Gasteiger partial charge in [-0.3, -0.25) is 4.79 Å². The number of carbonyl (C=O) groups excluding carboxylic acids is 1. The standard InChI is InChI=1S/C17H28BrNO/c1-3-17(2,4-5-18)19-16(20)15-13-7-11-6-12(9-13)10-14(15)8-11/h11-15H,3-10H2,1-2H3,(H,19,20). The third-order valence-electron chi connectivity index (χ3n) is 6.38. The number of hydrogen-bond acceptors (Lipinski definition) is 1. The van der Waals surface area contributed by atoms with Gasteiger partial charge in [0.25, 0.3) is 0 Å². The molecule has 4 saturated carbocycles. The van der Waals surface area contributed by atoms with Crippen LogP contribution in [0.1, 0.15) is 58.8 Å². The van der Waals surface area contributed by atoms with Crippen molar-refractivity contribution in [1.82, 2.24) is 5.32 Å². The van der Waals surface area contributed by atoms with Crippen molar-refractivity contribution in [2.45, 2.75) is 64.3 Å². The first-order valence-electron chi connectivity index (χ1n) is 8.42. The highest BCUT2D eigenvalue weighted by atomic mass is 79.9. The van der Waals surface area contributed by atoms with Gasteiger partial charge in [0.15, 0.2) is 0 Å². The Bertz CT molecular complexity index is 355. The van der Waals surface area contributed by atoms with Gasteiger partial charge in [-0.25, -0.2) is 0 Å². The molecule has 0 radical (unpaired) electrons. The molecule has 0 aliphatic heterocycles. The maximum Gasteiger partial charge on any atom is 0.224 e. The number of amides is 1. The van der Waals surface area contributed by atoms with Crippen LogP contribution in [0.15, 0.2) is 0 Å². The van der Waals surface area contributed by atoms with Crippen molar-refractivity contribution in [2.24, 2.45) is 29.6 Å². The lowest BCUT2D eigenvalue weighted by Crippen LogP contribution is -2.55. The maximum atomic E-state index is 12.9. The molecule has 0 saturated heterocycles. The van der Waals surface area contributed by atoms with Gasteiger partial charge in [0.05, 0.1) is 0 Å². The summed E-state index contributed by atoms with van der Waals surface area (Å²) in [6, 6.07) is 0. The van der Waals surface area contributed by atoms with Crippen LogP contribution in [0.4, 0.5) is 0 Å². The molecule has 1 atom stereocenters. The lowest BCUT2D eigenvalue weighted by atomic mass is 9.51. The van der Waals surface area contributed by atoms with Crippen LogP contribution in [-0.4, -0.2) is 16.8 Å². The van der Waals surface area contributed by atoms with Crippen LogP contribution in [0.3, 0.4) is 0 Å². The molecule has 4 bridgehead atoms. The Hall–Kier alpha value is -0.0500. The highest BCUT2D eigenvalue weighted by molar-refractivity contribution is 9.09. The van der Waals surface area contributed by atoms with Gasteiger partial charge in [-0.1, -0.05) is 22.9 Å². The predicted octanol–water partition coefficient (Wildman–Crippen LogP) is 4.13. The molecule has 1 N–H and O–H groups in total. The van der Waals surface area contributed by atoms with Gasteiger partial charge < -0.3 is 5.32 Å². The Morgan fingerprint density at radius 1 is 1.15 bits per heavy atom. The average Bonchev–Trinajstić information content (AvgIpc) is 2.37. The molecule has 0 spiro atoms. The average molecular weight is 342 g/mol. The zero-order valence-corrected chi connectivity index (χ0v) is 14.4. The Morgan fingerprint density at radius 2 is 1.70 bits per heavy atom. The first-order chi connectivity index (χ1) is 9.54. The van der Waals surface area contributed by atoms with E-state index in [1.54, 1.807) is 0 Å². The molecule has 0 aromatic carbocycles. The smallest absolute Gasteiger partial charge is 0.224 e. The quantitative estimate of drug-likeness (QED) is 0.748. The summed E-state index contributed by atoms with van der Waals surface area (Å²) in [7, 11) is 0. The molecule has 3 heteroatoms. The van der Waals surface area contributed by atoms with E-state index in [2.05, 4.69) is 35.1 Å². The van der Waals surface area contributed by atoms with E-state index < -0.39 is 0 Å². The molecule has 0 aromatic rings. The third-order valence-corrected chi connectivity index (χ3v) is 6.78. The Kier molecular flexibility index (Phi) is 4.18. The van der Waals surface area contributed by atoms with E-state index >= 15 is 0 Å². The SMILES string of the molecule is CCC(C)(CCBr)NC(=O)C1C2CC3CC(C2)CC1C3. The van der Waals surface area contributed by atoms with Gasteiger partial charge in [-0.15, -0.1) is 0 Å². The second kappa shape index (κ2) is 5.62. The van der Waals surface area contributed by atoms with Crippen LogP contribution in [-0.2, 0) is 4.79 Å². The van der Waals surface area contributed by atoms with E-state index in [1.165, 1.54) is 32.1 Å². The van der Waals surface area contributed by atoms with Crippen LogP contribution in [0.25, 0.3) is 0 Å². The number of rotatable bonds is 5. The molecule has 20 heavy (non-hydrogen) atoms. The van der Waals surface area contributed by atoms with Crippen LogP contribution >= 0.6 is 15.9 Å². The lowest BCUT2D eigenvalue weighted by molar-refractivity contribution is -0.140. The Morgan fingerprint density at radius 3 is 2.15 bits per heavy atom. The summed E-state index contributed by atoms with van der Waals surface area (Å²) in [6.45, 7) is 4.38. The van der Waals surface area contributed by atoms with Gasteiger partial charge in [0.1, 0.15) is 0 Å². The summed E-state index contributed by atoms with van der Waals surface area (Å²) < 4.78 is 0. The van der Waals surface area contributed by atoms with Gasteiger partial charge in [0, 0.05) is 16.8 Å². The van der Waals surface area contributed by atoms with Gasteiger partial charge in [-0.2, -0.15) is 0 Å². The summed E-state index contributed by atoms with van der Waals surface area (Å²) >= 11 is 3.52. The van der Waals surface area contributed by atoms with Crippen molar-refractivity contribution in [1.29, 1.82) is 0 Å². The van der Waals surface area contributed by atoms with Crippen molar-refractivity contribution < 1.29 is 4.79 Å². The molecule has 4 aliphatic carbocycles. The minimum Gasteiger partial charge on any atom is -0.351 e. The van der Waals surface area contributed by atoms with Crippen LogP contribution in [0.5, 0.6) is 0 Å². The van der Waals surface area contributed by atoms with Crippen LogP contribution in [0, 0.1) is 29.6 Å². The Labute approximate surface area is 131 Å². The molecule has 1 unspecified atom stereocenters. The fourth-order valence-corrected chi connectivity index (χ4v) is 6.15. The minimum absolute atomic E-state index is 0.0325. The fraction of sp³-hybridized carbons (Fsp3) is 0.941. The first-order valence-corrected chi connectivity index (χ1v) is 9.54. The second-order valence-corrected chi connectivity index (χ2v) is 8.59. The summed E-state index contributed by atoms with van der Waals surface area (Å²) in [5.41, 5.74) is -0.0325. The summed E-state index contributed by atoms with van der Waals surface area (Å²) in [4.78, 5) is 12.9. The van der Waals surface area contributed by atoms with Crippen molar-refractivity contribution in [3.05, 3.63) is 0 Å². The number of carbonyl (C=O) groups is 1. The van der Waals surface area contributed by atoms with E-state index in [4.69, 9.17) is 0 Å². The van der Waals surface area contributed by atoms with Gasteiger partial charge >= 0.3 is 0 Å². The fourth-order valence-electron chi connectivity index (χ4n) is 5.27. The molecule has 0 heterocycles. The van der Waals surface area contributed by atoms with E-state index in [9.17, 15) is 4.79 Å². The molecule has 1 amide bonds. The first kappa shape index (κ1) is 14.9. The highest BCUT2D eigenvalue weighted by Crippen LogP contribution is 2.56. The van der Waals surface area contributed by atoms with E-state index in [0.717, 1.165) is 30.0 Å². The van der Waals surface area contributed by atoms with Gasteiger partial charge in [-0.05, 0) is 75.5 Å². The molecule has 0 aromatic heterocycles. The predicted molar refractivity (Wildman–Crippen MR) is 85.8 cm³/mol. The molecular weight excluding hydrogens is 314 g/mol. The largest absolute Gasteiger partial charge is 0.351 e. The summed E-state index contributed by atoms with van der Waals surface area (Å²) in [5.74, 6) is 3.96. The topological polar surface area (TPSA) is 29.1 Å². The molecule has 4 rings (SSSR count). The summed E-state index contributed by atoms with van der Waals surface area (Å²) in [5, 5.41) is 4.36.